The molecule has 86 valence electrons. The summed E-state index contributed by atoms with van der Waals surface area (Å²) < 4.78 is 4.37. The van der Waals surface area contributed by atoms with Crippen LogP contribution in [0.2, 0.25) is 0 Å². The van der Waals surface area contributed by atoms with Crippen molar-refractivity contribution >= 4 is 18.0 Å². The van der Waals surface area contributed by atoms with Crippen LogP contribution >= 0.6 is 0 Å². The Morgan fingerprint density at radius 2 is 1.67 bits per heavy atom. The molecular formula is C8H14N2O5. The minimum Gasteiger partial charge on any atom is -0.480 e. The average molecular weight is 218 g/mol. The zero-order valence-corrected chi connectivity index (χ0v) is 8.89. The van der Waals surface area contributed by atoms with Crippen LogP contribution in [0.5, 0.6) is 0 Å². The highest BCUT2D eigenvalue weighted by molar-refractivity contribution is 5.84. The van der Waals surface area contributed by atoms with Crippen molar-refractivity contribution in [1.82, 2.24) is 9.80 Å². The number of aliphatic carboxylic acids is 1. The molecule has 0 unspecified atom stereocenters. The molecule has 0 aromatic rings. The zero-order chi connectivity index (χ0) is 12.0. The third-order valence-electron chi connectivity index (χ3n) is 1.66. The summed E-state index contributed by atoms with van der Waals surface area (Å²) in [6.07, 6.45) is -0.646. The number of carbonyl (C=O) groups is 3. The van der Waals surface area contributed by atoms with Crippen LogP contribution in [-0.4, -0.2) is 67.2 Å². The van der Waals surface area contributed by atoms with E-state index in [1.54, 1.807) is 0 Å². The number of nitrogens with zero attached hydrogens (tertiary/aromatic N) is 2. The van der Waals surface area contributed by atoms with Crippen molar-refractivity contribution in [1.29, 1.82) is 0 Å². The number of carbonyl (C=O) groups excluding carboxylic acids is 2. The standard InChI is InChI=1S/C8H14N2O5/c1-9(5-7(12)13)6(11)4-10(2)8(14)15-3/h4-5H2,1-3H3,(H,12,13). The summed E-state index contributed by atoms with van der Waals surface area (Å²) in [5.74, 6) is -1.57. The Morgan fingerprint density at radius 1 is 1.13 bits per heavy atom. The van der Waals surface area contributed by atoms with E-state index in [1.807, 2.05) is 0 Å². The van der Waals surface area contributed by atoms with Crippen molar-refractivity contribution < 1.29 is 24.2 Å². The van der Waals surface area contributed by atoms with Gasteiger partial charge in [-0.1, -0.05) is 0 Å². The molecule has 0 rings (SSSR count). The first-order valence-electron chi connectivity index (χ1n) is 4.13. The van der Waals surface area contributed by atoms with E-state index >= 15 is 0 Å². The van der Waals surface area contributed by atoms with Crippen molar-refractivity contribution in [3.05, 3.63) is 0 Å². The third-order valence-corrected chi connectivity index (χ3v) is 1.66. The van der Waals surface area contributed by atoms with Gasteiger partial charge in [0.25, 0.3) is 0 Å². The van der Waals surface area contributed by atoms with Gasteiger partial charge in [0.2, 0.25) is 5.91 Å². The predicted octanol–water partition coefficient (Wildman–Crippen LogP) is -0.772. The van der Waals surface area contributed by atoms with Crippen LogP contribution in [0.1, 0.15) is 0 Å². The first kappa shape index (κ1) is 13.2. The normalized spacial score (nSPS) is 9.27. The minimum absolute atomic E-state index is 0.212. The largest absolute Gasteiger partial charge is 0.480 e. The average Bonchev–Trinajstić information content (AvgIpc) is 2.15. The van der Waals surface area contributed by atoms with E-state index in [9.17, 15) is 14.4 Å². The molecule has 1 N–H and O–H groups in total. The summed E-state index contributed by atoms with van der Waals surface area (Å²) in [6.45, 7) is -0.607. The maximum atomic E-state index is 11.3. The Morgan fingerprint density at radius 3 is 2.07 bits per heavy atom. The molecule has 0 saturated heterocycles. The number of likely N-dealkylation sites (N-methyl/N-ethyl adjacent to an activating group) is 2. The second-order valence-electron chi connectivity index (χ2n) is 2.97. The monoisotopic (exact) mass is 218 g/mol. The highest BCUT2D eigenvalue weighted by atomic mass is 16.5. The van der Waals surface area contributed by atoms with Gasteiger partial charge in [-0.3, -0.25) is 9.59 Å². The summed E-state index contributed by atoms with van der Waals surface area (Å²) in [4.78, 5) is 34.6. The Hall–Kier alpha value is -1.79. The molecule has 0 aliphatic heterocycles. The van der Waals surface area contributed by atoms with Crippen molar-refractivity contribution in [2.75, 3.05) is 34.3 Å². The molecule has 0 aromatic carbocycles. The number of hydrogen-bond acceptors (Lipinski definition) is 4. The van der Waals surface area contributed by atoms with Crippen molar-refractivity contribution in [2.45, 2.75) is 0 Å². The lowest BCUT2D eigenvalue weighted by Crippen LogP contribution is -2.41. The van der Waals surface area contributed by atoms with Crippen molar-refractivity contribution in [3.8, 4) is 0 Å². The van der Waals surface area contributed by atoms with Gasteiger partial charge >= 0.3 is 12.1 Å². The lowest BCUT2D eigenvalue weighted by molar-refractivity contribution is -0.143. The Balaban J connectivity index is 4.12. The molecule has 0 bridgehead atoms. The summed E-state index contributed by atoms with van der Waals surface area (Å²) in [5.41, 5.74) is 0. The topological polar surface area (TPSA) is 87.2 Å². The summed E-state index contributed by atoms with van der Waals surface area (Å²) in [5, 5.41) is 8.42. The van der Waals surface area contributed by atoms with Gasteiger partial charge in [0.05, 0.1) is 7.11 Å². The molecule has 0 radical (unpaired) electrons. The van der Waals surface area contributed by atoms with E-state index in [4.69, 9.17) is 5.11 Å². The van der Waals surface area contributed by atoms with Crippen LogP contribution in [0.15, 0.2) is 0 Å². The molecular weight excluding hydrogens is 204 g/mol. The van der Waals surface area contributed by atoms with Crippen molar-refractivity contribution in [2.24, 2.45) is 0 Å². The summed E-state index contributed by atoms with van der Waals surface area (Å²) in [7, 11) is 3.93. The van der Waals surface area contributed by atoms with E-state index in [0.29, 0.717) is 0 Å². The fourth-order valence-electron chi connectivity index (χ4n) is 0.835. The first-order valence-corrected chi connectivity index (χ1v) is 4.13. The van der Waals surface area contributed by atoms with Crippen LogP contribution in [0.25, 0.3) is 0 Å². The first-order chi connectivity index (χ1) is 6.88. The van der Waals surface area contributed by atoms with Gasteiger partial charge in [-0.25, -0.2) is 4.79 Å². The highest BCUT2D eigenvalue weighted by Gasteiger charge is 2.17. The quantitative estimate of drug-likeness (QED) is 0.669. The molecule has 0 heterocycles. The molecule has 0 saturated carbocycles. The minimum atomic E-state index is -1.11. The zero-order valence-electron chi connectivity index (χ0n) is 8.89. The van der Waals surface area contributed by atoms with E-state index in [2.05, 4.69) is 4.74 Å². The molecule has 0 aromatic heterocycles. The van der Waals surface area contributed by atoms with Gasteiger partial charge in [-0.15, -0.1) is 0 Å². The maximum Gasteiger partial charge on any atom is 0.409 e. The van der Waals surface area contributed by atoms with Gasteiger partial charge in [0, 0.05) is 14.1 Å². The fraction of sp³-hybridized carbons (Fsp3) is 0.625. The number of amides is 2. The van der Waals surface area contributed by atoms with Crippen LogP contribution < -0.4 is 0 Å². The lowest BCUT2D eigenvalue weighted by atomic mass is 10.4. The Kier molecular flexibility index (Phi) is 5.14. The number of hydrogen-bond donors (Lipinski definition) is 1. The number of carboxylic acid groups (broad SMARTS) is 1. The van der Waals surface area contributed by atoms with E-state index < -0.39 is 24.5 Å². The maximum absolute atomic E-state index is 11.3. The summed E-state index contributed by atoms with van der Waals surface area (Å²) in [6, 6.07) is 0. The van der Waals surface area contributed by atoms with Gasteiger partial charge < -0.3 is 19.6 Å². The van der Waals surface area contributed by atoms with Crippen LogP contribution in [0, 0.1) is 0 Å². The molecule has 0 atom stereocenters. The number of carboxylic acids is 1. The second-order valence-corrected chi connectivity index (χ2v) is 2.97. The number of methoxy groups -OCH3 is 1. The summed E-state index contributed by atoms with van der Waals surface area (Å²) >= 11 is 0. The van der Waals surface area contributed by atoms with Gasteiger partial charge in [-0.2, -0.15) is 0 Å². The SMILES string of the molecule is COC(=O)N(C)CC(=O)N(C)CC(=O)O. The van der Waals surface area contributed by atoms with Gasteiger partial charge in [0.1, 0.15) is 13.1 Å². The van der Waals surface area contributed by atoms with E-state index in [-0.39, 0.29) is 6.54 Å². The van der Waals surface area contributed by atoms with Crippen molar-refractivity contribution in [3.63, 3.8) is 0 Å². The smallest absolute Gasteiger partial charge is 0.409 e. The Labute approximate surface area is 87.2 Å². The van der Waals surface area contributed by atoms with E-state index in [0.717, 1.165) is 9.80 Å². The highest BCUT2D eigenvalue weighted by Crippen LogP contribution is 1.92. The molecule has 2 amide bonds. The molecule has 0 aliphatic rings. The molecule has 0 spiro atoms. The van der Waals surface area contributed by atoms with Crippen LogP contribution in [-0.2, 0) is 14.3 Å². The number of rotatable bonds is 4. The second kappa shape index (κ2) is 5.84. The van der Waals surface area contributed by atoms with Crippen LogP contribution in [0.4, 0.5) is 4.79 Å². The number of ether oxygens (including phenoxy) is 1. The lowest BCUT2D eigenvalue weighted by Gasteiger charge is -2.19. The Bertz CT molecular complexity index is 266. The molecule has 15 heavy (non-hydrogen) atoms. The fourth-order valence-corrected chi connectivity index (χ4v) is 0.835. The molecule has 7 heteroatoms. The predicted molar refractivity (Wildman–Crippen MR) is 50.3 cm³/mol. The van der Waals surface area contributed by atoms with E-state index in [1.165, 1.54) is 21.2 Å². The van der Waals surface area contributed by atoms with Crippen LogP contribution in [0.3, 0.4) is 0 Å². The molecule has 0 fully saturated rings. The molecule has 0 aliphatic carbocycles. The third kappa shape index (κ3) is 4.84. The molecule has 7 nitrogen and oxygen atoms in total. The van der Waals surface area contributed by atoms with Gasteiger partial charge in [0.15, 0.2) is 0 Å². The van der Waals surface area contributed by atoms with Gasteiger partial charge in [-0.05, 0) is 0 Å².